The molecule has 0 aromatic rings. The number of carbonyl (C=O) groups excluding carboxylic acids is 1. The van der Waals surface area contributed by atoms with Gasteiger partial charge in [0.05, 0.1) is 6.04 Å². The van der Waals surface area contributed by atoms with Crippen LogP contribution in [0.5, 0.6) is 0 Å². The zero-order chi connectivity index (χ0) is 11.3. The molecule has 0 radical (unpaired) electrons. The van der Waals surface area contributed by atoms with E-state index in [1.807, 2.05) is 11.8 Å². The van der Waals surface area contributed by atoms with E-state index in [0.717, 1.165) is 32.4 Å². The second kappa shape index (κ2) is 6.08. The fourth-order valence-electron chi connectivity index (χ4n) is 1.91. The van der Waals surface area contributed by atoms with Crippen molar-refractivity contribution in [2.24, 2.45) is 0 Å². The van der Waals surface area contributed by atoms with Crippen molar-refractivity contribution in [1.29, 1.82) is 0 Å². The molecule has 88 valence electrons. The quantitative estimate of drug-likeness (QED) is 0.708. The average Bonchev–Trinajstić information content (AvgIpc) is 2.65. The predicted molar refractivity (Wildman–Crippen MR) is 59.3 cm³/mol. The fourth-order valence-corrected chi connectivity index (χ4v) is 1.91. The number of nitrogens with one attached hydrogen (secondary N) is 1. The fraction of sp³-hybridized carbons (Fsp3) is 0.909. The van der Waals surface area contributed by atoms with Crippen molar-refractivity contribution in [1.82, 2.24) is 10.2 Å². The molecule has 2 N–H and O–H groups in total. The van der Waals surface area contributed by atoms with Crippen LogP contribution < -0.4 is 5.32 Å². The van der Waals surface area contributed by atoms with Gasteiger partial charge in [0, 0.05) is 13.1 Å². The first-order chi connectivity index (χ1) is 7.19. The molecule has 0 spiro atoms. The van der Waals surface area contributed by atoms with E-state index < -0.39 is 6.23 Å². The van der Waals surface area contributed by atoms with E-state index in [4.69, 9.17) is 0 Å². The number of aliphatic hydroxyl groups excluding tert-OH is 1. The maximum atomic E-state index is 12.0. The summed E-state index contributed by atoms with van der Waals surface area (Å²) in [6.45, 7) is 5.71. The lowest BCUT2D eigenvalue weighted by Gasteiger charge is -2.24. The van der Waals surface area contributed by atoms with Gasteiger partial charge in [0.15, 0.2) is 0 Å². The minimum Gasteiger partial charge on any atom is -0.379 e. The van der Waals surface area contributed by atoms with Gasteiger partial charge >= 0.3 is 0 Å². The largest absolute Gasteiger partial charge is 0.379 e. The van der Waals surface area contributed by atoms with Gasteiger partial charge in [-0.2, -0.15) is 0 Å². The van der Waals surface area contributed by atoms with Crippen LogP contribution in [0.15, 0.2) is 0 Å². The molecule has 1 amide bonds. The molecular weight excluding hydrogens is 192 g/mol. The first kappa shape index (κ1) is 12.5. The molecule has 2 atom stereocenters. The molecule has 0 aliphatic carbocycles. The smallest absolute Gasteiger partial charge is 0.239 e. The van der Waals surface area contributed by atoms with Crippen molar-refractivity contribution in [2.75, 3.05) is 13.1 Å². The van der Waals surface area contributed by atoms with E-state index in [1.54, 1.807) is 0 Å². The minimum atomic E-state index is -0.496. The van der Waals surface area contributed by atoms with Crippen LogP contribution in [-0.2, 0) is 4.79 Å². The number of hydrogen-bond donors (Lipinski definition) is 2. The molecule has 0 aromatic heterocycles. The summed E-state index contributed by atoms with van der Waals surface area (Å²) in [5.41, 5.74) is 0. The Labute approximate surface area is 91.6 Å². The maximum Gasteiger partial charge on any atom is 0.239 e. The maximum absolute atomic E-state index is 12.0. The van der Waals surface area contributed by atoms with Crippen molar-refractivity contribution in [3.63, 3.8) is 0 Å². The number of rotatable bonds is 5. The number of unbranched alkanes of at least 4 members (excludes halogenated alkanes) is 1. The minimum absolute atomic E-state index is 0.141. The first-order valence-corrected chi connectivity index (χ1v) is 5.92. The van der Waals surface area contributed by atoms with Crippen LogP contribution >= 0.6 is 0 Å². The number of amides is 1. The van der Waals surface area contributed by atoms with Crippen LogP contribution in [0.1, 0.15) is 39.5 Å². The summed E-state index contributed by atoms with van der Waals surface area (Å²) < 4.78 is 0. The summed E-state index contributed by atoms with van der Waals surface area (Å²) in [6.07, 6.45) is 3.09. The summed E-state index contributed by atoms with van der Waals surface area (Å²) in [7, 11) is 0. The normalized spacial score (nSPS) is 25.5. The zero-order valence-electron chi connectivity index (χ0n) is 9.70. The number of aliphatic hydroxyl groups is 1. The molecule has 1 aliphatic rings. The molecule has 4 heteroatoms. The second-order valence-corrected chi connectivity index (χ2v) is 4.08. The molecule has 1 unspecified atom stereocenters. The number of carbonyl (C=O) groups is 1. The van der Waals surface area contributed by atoms with Gasteiger partial charge in [0.2, 0.25) is 5.91 Å². The summed E-state index contributed by atoms with van der Waals surface area (Å²) in [5.74, 6) is 0.141. The average molecular weight is 214 g/mol. The Bertz CT molecular complexity index is 209. The second-order valence-electron chi connectivity index (χ2n) is 4.08. The topological polar surface area (TPSA) is 52.6 Å². The molecular formula is C11H22N2O2. The van der Waals surface area contributed by atoms with Gasteiger partial charge in [0.25, 0.3) is 0 Å². The van der Waals surface area contributed by atoms with E-state index in [1.165, 1.54) is 0 Å². The van der Waals surface area contributed by atoms with Crippen LogP contribution in [0.25, 0.3) is 0 Å². The predicted octanol–water partition coefficient (Wildman–Crippen LogP) is 0.705. The van der Waals surface area contributed by atoms with Gasteiger partial charge in [-0.05, 0) is 26.2 Å². The highest BCUT2D eigenvalue weighted by molar-refractivity contribution is 5.82. The Balaban J connectivity index is 2.42. The van der Waals surface area contributed by atoms with Crippen LogP contribution in [-0.4, -0.2) is 41.3 Å². The summed E-state index contributed by atoms with van der Waals surface area (Å²) >= 11 is 0. The van der Waals surface area contributed by atoms with Gasteiger partial charge in [-0.15, -0.1) is 0 Å². The van der Waals surface area contributed by atoms with Crippen LogP contribution in [0.4, 0.5) is 0 Å². The highest BCUT2D eigenvalue weighted by Crippen LogP contribution is 2.13. The summed E-state index contributed by atoms with van der Waals surface area (Å²) in [4.78, 5) is 13.9. The number of nitrogens with zero attached hydrogens (tertiary/aromatic N) is 1. The van der Waals surface area contributed by atoms with Crippen LogP contribution in [0.2, 0.25) is 0 Å². The van der Waals surface area contributed by atoms with Gasteiger partial charge in [-0.3, -0.25) is 10.1 Å². The van der Waals surface area contributed by atoms with Crippen molar-refractivity contribution in [3.05, 3.63) is 0 Å². The standard InChI is InChI=1S/C11H22N2O2/c1-3-5-8-13(4-2)11(15)9-6-7-10(14)12-9/h9-10,12,14H,3-8H2,1-2H3/t9-,10?/m0/s1. The monoisotopic (exact) mass is 214 g/mol. The van der Waals surface area contributed by atoms with Crippen molar-refractivity contribution >= 4 is 5.91 Å². The molecule has 1 fully saturated rings. The Hall–Kier alpha value is -0.610. The van der Waals surface area contributed by atoms with Gasteiger partial charge < -0.3 is 10.0 Å². The van der Waals surface area contributed by atoms with E-state index in [2.05, 4.69) is 12.2 Å². The lowest BCUT2D eigenvalue weighted by Crippen LogP contribution is -2.45. The summed E-state index contributed by atoms with van der Waals surface area (Å²) in [6, 6.07) is -0.170. The van der Waals surface area contributed by atoms with Gasteiger partial charge in [-0.25, -0.2) is 0 Å². The molecule has 1 heterocycles. The Morgan fingerprint density at radius 3 is 2.67 bits per heavy atom. The molecule has 0 aromatic carbocycles. The Morgan fingerprint density at radius 1 is 1.47 bits per heavy atom. The molecule has 0 saturated carbocycles. The Morgan fingerprint density at radius 2 is 2.20 bits per heavy atom. The Kier molecular flexibility index (Phi) is 5.05. The third kappa shape index (κ3) is 3.47. The van der Waals surface area contributed by atoms with Crippen molar-refractivity contribution in [2.45, 2.75) is 51.8 Å². The van der Waals surface area contributed by atoms with Gasteiger partial charge in [0.1, 0.15) is 6.23 Å². The molecule has 15 heavy (non-hydrogen) atoms. The highest BCUT2D eigenvalue weighted by atomic mass is 16.3. The molecule has 0 bridgehead atoms. The van der Waals surface area contributed by atoms with E-state index in [0.29, 0.717) is 6.42 Å². The van der Waals surface area contributed by atoms with Crippen molar-refractivity contribution in [3.8, 4) is 0 Å². The van der Waals surface area contributed by atoms with Crippen LogP contribution in [0, 0.1) is 0 Å². The summed E-state index contributed by atoms with van der Waals surface area (Å²) in [5, 5.41) is 12.2. The third-order valence-electron chi connectivity index (χ3n) is 2.90. The highest BCUT2D eigenvalue weighted by Gasteiger charge is 2.30. The lowest BCUT2D eigenvalue weighted by molar-refractivity contribution is -0.133. The first-order valence-electron chi connectivity index (χ1n) is 5.92. The van der Waals surface area contributed by atoms with Gasteiger partial charge in [-0.1, -0.05) is 13.3 Å². The molecule has 1 aliphatic heterocycles. The van der Waals surface area contributed by atoms with Crippen LogP contribution in [0.3, 0.4) is 0 Å². The van der Waals surface area contributed by atoms with E-state index in [-0.39, 0.29) is 11.9 Å². The molecule has 1 saturated heterocycles. The molecule has 1 rings (SSSR count). The zero-order valence-corrected chi connectivity index (χ0v) is 9.70. The van der Waals surface area contributed by atoms with E-state index in [9.17, 15) is 9.90 Å². The van der Waals surface area contributed by atoms with Crippen molar-refractivity contribution < 1.29 is 9.90 Å². The van der Waals surface area contributed by atoms with E-state index >= 15 is 0 Å². The third-order valence-corrected chi connectivity index (χ3v) is 2.90. The SMILES string of the molecule is CCCCN(CC)C(=O)[C@@H]1CCC(O)N1. The number of likely N-dealkylation sites (N-methyl/N-ethyl adjacent to an activating group) is 1. The molecule has 4 nitrogen and oxygen atoms in total. The number of hydrogen-bond acceptors (Lipinski definition) is 3. The lowest BCUT2D eigenvalue weighted by atomic mass is 10.2.